The first-order valence-corrected chi connectivity index (χ1v) is 6.24. The summed E-state index contributed by atoms with van der Waals surface area (Å²) in [5, 5.41) is 2.24. The molecule has 1 heterocycles. The minimum atomic E-state index is -0.293. The highest BCUT2D eigenvalue weighted by Gasteiger charge is 2.29. The number of hydrogen-bond acceptors (Lipinski definition) is 2. The molecule has 0 spiro atoms. The third-order valence-electron chi connectivity index (χ3n) is 3.00. The van der Waals surface area contributed by atoms with Gasteiger partial charge in [0.2, 0.25) is 0 Å². The second-order valence-electron chi connectivity index (χ2n) is 4.46. The summed E-state index contributed by atoms with van der Waals surface area (Å²) in [6.07, 6.45) is 5.72. The highest BCUT2D eigenvalue weighted by atomic mass is 16.2. The van der Waals surface area contributed by atoms with E-state index in [2.05, 4.69) is 18.5 Å². The minimum absolute atomic E-state index is 0.277. The van der Waals surface area contributed by atoms with Crippen LogP contribution in [0, 0.1) is 0 Å². The normalized spacial score (nSPS) is 16.3. The molecule has 3 rings (SSSR count). The van der Waals surface area contributed by atoms with Crippen LogP contribution in [0.2, 0.25) is 0 Å². The first-order chi connectivity index (χ1) is 9.61. The summed E-state index contributed by atoms with van der Waals surface area (Å²) in [5.74, 6) is -0.570. The quantitative estimate of drug-likeness (QED) is 0.794. The van der Waals surface area contributed by atoms with Crippen LogP contribution in [0.1, 0.15) is 12.0 Å². The number of allylic oxidation sites excluding steroid dienone is 2. The number of imide groups is 1. The van der Waals surface area contributed by atoms with E-state index < -0.39 is 0 Å². The second kappa shape index (κ2) is 5.97. The van der Waals surface area contributed by atoms with Crippen molar-refractivity contribution in [3.8, 4) is 0 Å². The molecule has 100 valence electrons. The van der Waals surface area contributed by atoms with E-state index in [4.69, 9.17) is 0 Å². The van der Waals surface area contributed by atoms with Crippen molar-refractivity contribution in [1.29, 1.82) is 0 Å². The predicted molar refractivity (Wildman–Crippen MR) is 79.6 cm³/mol. The molecule has 2 amide bonds. The van der Waals surface area contributed by atoms with Crippen LogP contribution in [-0.2, 0) is 9.59 Å². The summed E-state index contributed by atoms with van der Waals surface area (Å²) in [6.45, 7) is 7.35. The zero-order valence-corrected chi connectivity index (χ0v) is 11.1. The molecule has 0 aromatic heterocycles. The monoisotopic (exact) mass is 265 g/mol. The number of carbonyl (C=O) groups is 2. The zero-order valence-electron chi connectivity index (χ0n) is 11.1. The Balaban J connectivity index is 0.000000160. The second-order valence-corrected chi connectivity index (χ2v) is 4.46. The molecule has 0 bridgehead atoms. The Kier molecular flexibility index (Phi) is 4.11. The Morgan fingerprint density at radius 3 is 2.35 bits per heavy atom. The van der Waals surface area contributed by atoms with Gasteiger partial charge in [0.25, 0.3) is 11.8 Å². The highest BCUT2D eigenvalue weighted by molar-refractivity contribution is 6.21. The lowest BCUT2D eigenvalue weighted by Crippen LogP contribution is -2.22. The lowest BCUT2D eigenvalue weighted by Gasteiger charge is -2.05. The zero-order chi connectivity index (χ0) is 14.5. The summed E-state index contributed by atoms with van der Waals surface area (Å²) in [5.41, 5.74) is 3.08. The van der Waals surface area contributed by atoms with Gasteiger partial charge in [0.1, 0.15) is 0 Å². The molecule has 1 aliphatic heterocycles. The van der Waals surface area contributed by atoms with Crippen molar-refractivity contribution < 1.29 is 9.59 Å². The van der Waals surface area contributed by atoms with Crippen molar-refractivity contribution in [1.82, 2.24) is 5.32 Å². The summed E-state index contributed by atoms with van der Waals surface area (Å²) in [4.78, 5) is 22.2. The summed E-state index contributed by atoms with van der Waals surface area (Å²) >= 11 is 0. The summed E-state index contributed by atoms with van der Waals surface area (Å²) in [7, 11) is 0. The van der Waals surface area contributed by atoms with Gasteiger partial charge >= 0.3 is 0 Å². The smallest absolute Gasteiger partial charge is 0.258 e. The third kappa shape index (κ3) is 3.01. The van der Waals surface area contributed by atoms with E-state index in [-0.39, 0.29) is 11.8 Å². The van der Waals surface area contributed by atoms with Gasteiger partial charge in [-0.2, -0.15) is 0 Å². The molecular formula is C17H15NO2. The molecule has 1 aromatic rings. The lowest BCUT2D eigenvalue weighted by molar-refractivity contribution is -0.124. The molecule has 3 heteroatoms. The van der Waals surface area contributed by atoms with Crippen molar-refractivity contribution in [2.75, 3.05) is 0 Å². The van der Waals surface area contributed by atoms with Crippen molar-refractivity contribution in [2.24, 2.45) is 0 Å². The van der Waals surface area contributed by atoms with Crippen LogP contribution in [0.5, 0.6) is 0 Å². The number of rotatable bonds is 1. The minimum Gasteiger partial charge on any atom is -0.288 e. The fourth-order valence-electron chi connectivity index (χ4n) is 1.93. The van der Waals surface area contributed by atoms with Gasteiger partial charge in [-0.3, -0.25) is 14.9 Å². The molecule has 0 atom stereocenters. The first-order valence-electron chi connectivity index (χ1n) is 6.24. The van der Waals surface area contributed by atoms with Gasteiger partial charge in [-0.25, -0.2) is 0 Å². The molecule has 20 heavy (non-hydrogen) atoms. The summed E-state index contributed by atoms with van der Waals surface area (Å²) in [6, 6.07) is 10.0. The molecule has 2 aliphatic rings. The van der Waals surface area contributed by atoms with Crippen LogP contribution >= 0.6 is 0 Å². The molecule has 0 saturated heterocycles. The Morgan fingerprint density at radius 1 is 1.05 bits per heavy atom. The number of carbonyl (C=O) groups excluding carboxylic acids is 2. The van der Waals surface area contributed by atoms with Crippen molar-refractivity contribution in [3.63, 3.8) is 0 Å². The maximum absolute atomic E-state index is 11.1. The Morgan fingerprint density at radius 2 is 1.75 bits per heavy atom. The third-order valence-corrected chi connectivity index (χ3v) is 3.00. The molecule has 1 aromatic carbocycles. The van der Waals surface area contributed by atoms with Gasteiger partial charge in [0, 0.05) is 17.6 Å². The van der Waals surface area contributed by atoms with Crippen molar-refractivity contribution in [2.45, 2.75) is 6.42 Å². The summed E-state index contributed by atoms with van der Waals surface area (Å²) < 4.78 is 0. The van der Waals surface area contributed by atoms with Crippen LogP contribution in [0.3, 0.4) is 0 Å². The van der Waals surface area contributed by atoms with Gasteiger partial charge in [-0.15, -0.1) is 0 Å². The largest absolute Gasteiger partial charge is 0.288 e. The van der Waals surface area contributed by atoms with Crippen LogP contribution in [0.15, 0.2) is 72.4 Å². The number of benzene rings is 1. The highest BCUT2D eigenvalue weighted by Crippen LogP contribution is 2.25. The Bertz CT molecular complexity index is 636. The molecule has 3 nitrogen and oxygen atoms in total. The maximum Gasteiger partial charge on any atom is 0.258 e. The van der Waals surface area contributed by atoms with Crippen LogP contribution in [0.25, 0.3) is 6.08 Å². The molecule has 0 fully saturated rings. The maximum atomic E-state index is 11.1. The van der Waals surface area contributed by atoms with Gasteiger partial charge in [-0.05, 0) is 11.6 Å². The fourth-order valence-corrected chi connectivity index (χ4v) is 1.93. The molecule has 0 saturated carbocycles. The topological polar surface area (TPSA) is 46.2 Å². The predicted octanol–water partition coefficient (Wildman–Crippen LogP) is 2.79. The van der Waals surface area contributed by atoms with Crippen LogP contribution in [0.4, 0.5) is 0 Å². The molecule has 0 radical (unpaired) electrons. The first kappa shape index (κ1) is 13.7. The Labute approximate surface area is 118 Å². The van der Waals surface area contributed by atoms with Gasteiger partial charge < -0.3 is 0 Å². The van der Waals surface area contributed by atoms with E-state index in [0.29, 0.717) is 17.6 Å². The lowest BCUT2D eigenvalue weighted by atomic mass is 9.96. The van der Waals surface area contributed by atoms with Crippen LogP contribution in [-0.4, -0.2) is 11.8 Å². The fraction of sp³-hybridized carbons (Fsp3) is 0.0588. The van der Waals surface area contributed by atoms with Crippen molar-refractivity contribution in [3.05, 3.63) is 77.9 Å². The van der Waals surface area contributed by atoms with Crippen LogP contribution < -0.4 is 5.32 Å². The molecule has 0 unspecified atom stereocenters. The SMILES string of the molecule is C=C1C=CC2=C(C1)C(=O)NC2=O.C=Cc1ccccc1. The average Bonchev–Trinajstić information content (AvgIpc) is 2.75. The van der Waals surface area contributed by atoms with E-state index in [1.807, 2.05) is 36.4 Å². The van der Waals surface area contributed by atoms with Gasteiger partial charge in [0.05, 0.1) is 0 Å². The number of hydrogen-bond donors (Lipinski definition) is 1. The molecule has 1 aliphatic carbocycles. The van der Waals surface area contributed by atoms with E-state index in [0.717, 1.165) is 5.57 Å². The molecule has 1 N–H and O–H groups in total. The van der Waals surface area contributed by atoms with Gasteiger partial charge in [-0.1, -0.05) is 61.2 Å². The van der Waals surface area contributed by atoms with E-state index in [9.17, 15) is 9.59 Å². The van der Waals surface area contributed by atoms with Gasteiger partial charge in [0.15, 0.2) is 0 Å². The Hall–Kier alpha value is -2.68. The number of nitrogens with one attached hydrogen (secondary N) is 1. The van der Waals surface area contributed by atoms with E-state index in [1.54, 1.807) is 12.2 Å². The van der Waals surface area contributed by atoms with Crippen molar-refractivity contribution >= 4 is 17.9 Å². The standard InChI is InChI=1S/C9H7NO2.C8H8/c1-5-2-3-6-7(4-5)9(12)10-8(6)11;1-2-8-6-4-3-5-7-8/h2-3H,1,4H2,(H,10,11,12);2-7H,1H2. The average molecular weight is 265 g/mol. The molecular weight excluding hydrogens is 250 g/mol. The number of amides is 2. The van der Waals surface area contributed by atoms with E-state index in [1.165, 1.54) is 5.56 Å². The van der Waals surface area contributed by atoms with E-state index >= 15 is 0 Å².